The van der Waals surface area contributed by atoms with Crippen LogP contribution in [0.25, 0.3) is 0 Å². The van der Waals surface area contributed by atoms with E-state index in [0.29, 0.717) is 12.8 Å². The fraction of sp³-hybridized carbons (Fsp3) is 0.583. The van der Waals surface area contributed by atoms with Crippen molar-refractivity contribution in [3.63, 3.8) is 0 Å². The number of carbonyl (C=O) groups is 1. The highest BCUT2D eigenvalue weighted by molar-refractivity contribution is 5.70. The molecule has 4 nitrogen and oxygen atoms in total. The summed E-state index contributed by atoms with van der Waals surface area (Å²) in [5.74, 6) is -0.404. The molecule has 0 saturated heterocycles. The first-order valence-electron chi connectivity index (χ1n) is 5.47. The van der Waals surface area contributed by atoms with E-state index in [1.54, 1.807) is 25.2 Å². The fourth-order valence-corrected chi connectivity index (χ4v) is 1.44. The molecule has 1 rings (SSSR count). The average molecular weight is 226 g/mol. The minimum Gasteiger partial charge on any atom is -0.462 e. The molecule has 1 aliphatic heterocycles. The zero-order chi connectivity index (χ0) is 12.0. The zero-order valence-corrected chi connectivity index (χ0v) is 9.37. The molecular weight excluding hydrogens is 208 g/mol. The van der Waals surface area contributed by atoms with E-state index in [1.807, 2.05) is 0 Å². The van der Waals surface area contributed by atoms with Crippen molar-refractivity contribution in [3.8, 4) is 0 Å². The first kappa shape index (κ1) is 12.9. The van der Waals surface area contributed by atoms with Crippen LogP contribution in [0.5, 0.6) is 0 Å². The molecule has 0 spiro atoms. The van der Waals surface area contributed by atoms with E-state index in [-0.39, 0.29) is 12.5 Å². The van der Waals surface area contributed by atoms with Gasteiger partial charge >= 0.3 is 5.97 Å². The standard InChI is InChI=1S/C12H18O4/c1-9-4-2-5-10(13)6-3-7-11(14)8-12(15)16-9/h2-3,5,7,9-11,13-14H,4,6,8H2,1H3/b5-2-,7-3-/t9-,10-,11-/m1/s1. The lowest BCUT2D eigenvalue weighted by Crippen LogP contribution is -2.19. The van der Waals surface area contributed by atoms with Crippen LogP contribution >= 0.6 is 0 Å². The fourth-order valence-electron chi connectivity index (χ4n) is 1.44. The first-order chi connectivity index (χ1) is 7.58. The van der Waals surface area contributed by atoms with Crippen LogP contribution in [0.3, 0.4) is 0 Å². The largest absolute Gasteiger partial charge is 0.462 e. The second kappa shape index (κ2) is 6.45. The summed E-state index contributed by atoms with van der Waals surface area (Å²) in [4.78, 5) is 11.3. The number of ether oxygens (including phenoxy) is 1. The summed E-state index contributed by atoms with van der Waals surface area (Å²) in [5, 5.41) is 18.9. The molecule has 0 aromatic rings. The van der Waals surface area contributed by atoms with Gasteiger partial charge in [0.15, 0.2) is 0 Å². The number of hydrogen-bond acceptors (Lipinski definition) is 4. The smallest absolute Gasteiger partial charge is 0.309 e. The number of cyclic esters (lactones) is 1. The predicted molar refractivity (Wildman–Crippen MR) is 59.7 cm³/mol. The Labute approximate surface area is 95.2 Å². The molecule has 0 aromatic carbocycles. The molecule has 0 amide bonds. The number of hydrogen-bond donors (Lipinski definition) is 2. The normalized spacial score (nSPS) is 36.7. The summed E-state index contributed by atoms with van der Waals surface area (Å²) in [5.41, 5.74) is 0. The van der Waals surface area contributed by atoms with Gasteiger partial charge in [-0.15, -0.1) is 0 Å². The van der Waals surface area contributed by atoms with E-state index in [2.05, 4.69) is 0 Å². The van der Waals surface area contributed by atoms with Gasteiger partial charge in [0, 0.05) is 6.42 Å². The van der Waals surface area contributed by atoms with E-state index in [0.717, 1.165) is 0 Å². The van der Waals surface area contributed by atoms with E-state index in [1.165, 1.54) is 6.08 Å². The summed E-state index contributed by atoms with van der Waals surface area (Å²) in [6.45, 7) is 1.78. The monoisotopic (exact) mass is 226 g/mol. The Morgan fingerprint density at radius 1 is 1.19 bits per heavy atom. The molecule has 1 aliphatic rings. The van der Waals surface area contributed by atoms with Crippen molar-refractivity contribution in [2.24, 2.45) is 0 Å². The van der Waals surface area contributed by atoms with Gasteiger partial charge in [-0.1, -0.05) is 24.3 Å². The zero-order valence-electron chi connectivity index (χ0n) is 9.37. The molecule has 2 N–H and O–H groups in total. The number of aliphatic hydroxyl groups is 2. The SMILES string of the molecule is C[C@@H]1C/C=C\[C@@H](O)C/C=C\[C@@H](O)CC(=O)O1. The highest BCUT2D eigenvalue weighted by Crippen LogP contribution is 2.07. The van der Waals surface area contributed by atoms with E-state index in [9.17, 15) is 15.0 Å². The molecule has 0 saturated carbocycles. The predicted octanol–water partition coefficient (Wildman–Crippen LogP) is 0.936. The van der Waals surface area contributed by atoms with E-state index >= 15 is 0 Å². The first-order valence-corrected chi connectivity index (χ1v) is 5.47. The Kier molecular flexibility index (Phi) is 5.22. The number of aliphatic hydroxyl groups excluding tert-OH is 2. The topological polar surface area (TPSA) is 66.8 Å². The van der Waals surface area contributed by atoms with Gasteiger partial charge in [0.1, 0.15) is 6.10 Å². The van der Waals surface area contributed by atoms with Crippen molar-refractivity contribution in [3.05, 3.63) is 24.3 Å². The van der Waals surface area contributed by atoms with Crippen molar-refractivity contribution in [1.82, 2.24) is 0 Å². The van der Waals surface area contributed by atoms with Gasteiger partial charge in [-0.3, -0.25) is 4.79 Å². The molecule has 0 fully saturated rings. The van der Waals surface area contributed by atoms with Crippen LogP contribution in [0.2, 0.25) is 0 Å². The summed E-state index contributed by atoms with van der Waals surface area (Å²) in [7, 11) is 0. The third-order valence-corrected chi connectivity index (χ3v) is 2.27. The lowest BCUT2D eigenvalue weighted by Gasteiger charge is -2.13. The van der Waals surface area contributed by atoms with Gasteiger partial charge in [-0.25, -0.2) is 0 Å². The molecule has 90 valence electrons. The minimum atomic E-state index is -0.838. The van der Waals surface area contributed by atoms with Crippen molar-refractivity contribution < 1.29 is 19.7 Å². The van der Waals surface area contributed by atoms with Crippen molar-refractivity contribution in [2.75, 3.05) is 0 Å². The maximum Gasteiger partial charge on any atom is 0.309 e. The quantitative estimate of drug-likeness (QED) is 0.476. The van der Waals surface area contributed by atoms with Crippen LogP contribution in [-0.2, 0) is 9.53 Å². The van der Waals surface area contributed by atoms with Gasteiger partial charge in [0.25, 0.3) is 0 Å². The highest BCUT2D eigenvalue weighted by Gasteiger charge is 2.13. The van der Waals surface area contributed by atoms with Crippen molar-refractivity contribution >= 4 is 5.97 Å². The Bertz CT molecular complexity index is 283. The van der Waals surface area contributed by atoms with Crippen LogP contribution in [0.1, 0.15) is 26.2 Å². The lowest BCUT2D eigenvalue weighted by atomic mass is 10.1. The molecule has 16 heavy (non-hydrogen) atoms. The summed E-state index contributed by atoms with van der Waals surface area (Å²) < 4.78 is 5.06. The van der Waals surface area contributed by atoms with Crippen LogP contribution < -0.4 is 0 Å². The Balaban J connectivity index is 2.63. The minimum absolute atomic E-state index is 0.0410. The Morgan fingerprint density at radius 3 is 2.56 bits per heavy atom. The second-order valence-corrected chi connectivity index (χ2v) is 3.97. The third kappa shape index (κ3) is 5.09. The Morgan fingerprint density at radius 2 is 1.81 bits per heavy atom. The van der Waals surface area contributed by atoms with Crippen LogP contribution in [0.15, 0.2) is 24.3 Å². The lowest BCUT2D eigenvalue weighted by molar-refractivity contribution is -0.149. The van der Waals surface area contributed by atoms with Gasteiger partial charge in [0.05, 0.1) is 18.6 Å². The number of esters is 1. The summed E-state index contributed by atoms with van der Waals surface area (Å²) >= 11 is 0. The average Bonchev–Trinajstić information content (AvgIpc) is 2.15. The van der Waals surface area contributed by atoms with Crippen LogP contribution in [-0.4, -0.2) is 34.5 Å². The molecule has 0 aliphatic carbocycles. The molecule has 0 unspecified atom stereocenters. The molecular formula is C12H18O4. The maximum atomic E-state index is 11.3. The Hall–Kier alpha value is -1.13. The van der Waals surface area contributed by atoms with Gasteiger partial charge < -0.3 is 14.9 Å². The summed E-state index contributed by atoms with van der Waals surface area (Å²) in [6.07, 6.45) is 5.99. The summed E-state index contributed by atoms with van der Waals surface area (Å²) in [6, 6.07) is 0. The van der Waals surface area contributed by atoms with Gasteiger partial charge in [0.2, 0.25) is 0 Å². The number of carbonyl (C=O) groups excluding carboxylic acids is 1. The number of rotatable bonds is 0. The van der Waals surface area contributed by atoms with Crippen molar-refractivity contribution in [2.45, 2.75) is 44.5 Å². The molecule has 1 heterocycles. The van der Waals surface area contributed by atoms with Gasteiger partial charge in [-0.05, 0) is 13.3 Å². The molecule has 0 bridgehead atoms. The van der Waals surface area contributed by atoms with E-state index < -0.39 is 18.2 Å². The second-order valence-electron chi connectivity index (χ2n) is 3.97. The molecule has 0 radical (unpaired) electrons. The molecule has 3 atom stereocenters. The molecule has 4 heteroatoms. The van der Waals surface area contributed by atoms with Crippen molar-refractivity contribution in [1.29, 1.82) is 0 Å². The van der Waals surface area contributed by atoms with Gasteiger partial charge in [-0.2, -0.15) is 0 Å². The third-order valence-electron chi connectivity index (χ3n) is 2.27. The maximum absolute atomic E-state index is 11.3. The van der Waals surface area contributed by atoms with E-state index in [4.69, 9.17) is 4.74 Å². The highest BCUT2D eigenvalue weighted by atomic mass is 16.5. The van der Waals surface area contributed by atoms with Crippen LogP contribution in [0.4, 0.5) is 0 Å². The molecule has 0 aromatic heterocycles. The van der Waals surface area contributed by atoms with Crippen LogP contribution in [0, 0.1) is 0 Å².